The van der Waals surface area contributed by atoms with Crippen molar-refractivity contribution in [3.05, 3.63) is 74.7 Å². The van der Waals surface area contributed by atoms with Gasteiger partial charge in [0.1, 0.15) is 11.5 Å². The molecule has 0 radical (unpaired) electrons. The Hall–Kier alpha value is -3.19. The van der Waals surface area contributed by atoms with Gasteiger partial charge >= 0.3 is 0 Å². The molecule has 0 aliphatic carbocycles. The molecule has 1 amide bonds. The van der Waals surface area contributed by atoms with Crippen molar-refractivity contribution >= 4 is 23.5 Å². The van der Waals surface area contributed by atoms with E-state index in [9.17, 15) is 4.79 Å². The van der Waals surface area contributed by atoms with E-state index in [4.69, 9.17) is 9.47 Å². The van der Waals surface area contributed by atoms with Crippen molar-refractivity contribution in [1.82, 2.24) is 10.4 Å². The van der Waals surface area contributed by atoms with Gasteiger partial charge in [0.2, 0.25) is 0 Å². The van der Waals surface area contributed by atoms with Crippen LogP contribution in [0.4, 0.5) is 0 Å². The number of rotatable bonds is 7. The van der Waals surface area contributed by atoms with Crippen molar-refractivity contribution in [3.63, 3.8) is 0 Å². The maximum atomic E-state index is 12.3. The minimum absolute atomic E-state index is 0.283. The number of nitrogens with one attached hydrogen (secondary N) is 1. The number of benzene rings is 2. The van der Waals surface area contributed by atoms with Gasteiger partial charge in [-0.1, -0.05) is 35.9 Å². The molecule has 0 aliphatic heterocycles. The molecule has 3 aromatic rings. The summed E-state index contributed by atoms with van der Waals surface area (Å²) in [6.45, 7) is 6.11. The van der Waals surface area contributed by atoms with Crippen LogP contribution in [0.5, 0.6) is 11.5 Å². The zero-order valence-corrected chi connectivity index (χ0v) is 17.7. The number of amides is 1. The van der Waals surface area contributed by atoms with E-state index in [0.29, 0.717) is 34.2 Å². The van der Waals surface area contributed by atoms with Crippen LogP contribution in [0.2, 0.25) is 0 Å². The zero-order chi connectivity index (χ0) is 20.8. The second-order valence-electron chi connectivity index (χ2n) is 6.50. The number of hydrogen-bond acceptors (Lipinski definition) is 6. The van der Waals surface area contributed by atoms with Crippen LogP contribution in [0.3, 0.4) is 0 Å². The zero-order valence-electron chi connectivity index (χ0n) is 16.9. The van der Waals surface area contributed by atoms with E-state index in [1.165, 1.54) is 16.9 Å². The number of aryl methyl sites for hydroxylation is 3. The number of carbonyl (C=O) groups is 1. The summed E-state index contributed by atoms with van der Waals surface area (Å²) >= 11 is 1.34. The van der Waals surface area contributed by atoms with Crippen LogP contribution in [0, 0.1) is 20.8 Å². The minimum atomic E-state index is -0.283. The Labute approximate surface area is 174 Å². The van der Waals surface area contributed by atoms with Crippen molar-refractivity contribution in [2.45, 2.75) is 27.4 Å². The van der Waals surface area contributed by atoms with Gasteiger partial charge in [-0.2, -0.15) is 5.10 Å². The number of methoxy groups -OCH3 is 1. The molecule has 0 bridgehead atoms. The van der Waals surface area contributed by atoms with E-state index in [-0.39, 0.29) is 5.91 Å². The highest BCUT2D eigenvalue weighted by molar-refractivity contribution is 7.13. The van der Waals surface area contributed by atoms with Gasteiger partial charge in [0.25, 0.3) is 5.91 Å². The van der Waals surface area contributed by atoms with E-state index in [1.807, 2.05) is 56.3 Å². The predicted molar refractivity (Wildman–Crippen MR) is 115 cm³/mol. The van der Waals surface area contributed by atoms with Gasteiger partial charge in [-0.05, 0) is 38.5 Å². The molecule has 0 unspecified atom stereocenters. The van der Waals surface area contributed by atoms with Crippen molar-refractivity contribution in [2.24, 2.45) is 5.10 Å². The van der Waals surface area contributed by atoms with Crippen LogP contribution in [-0.4, -0.2) is 24.2 Å². The average molecular weight is 410 g/mol. The average Bonchev–Trinajstić information content (AvgIpc) is 3.06. The van der Waals surface area contributed by atoms with Crippen molar-refractivity contribution in [1.29, 1.82) is 0 Å². The van der Waals surface area contributed by atoms with E-state index in [0.717, 1.165) is 10.6 Å². The molecule has 0 atom stereocenters. The third-order valence-corrected chi connectivity index (χ3v) is 5.28. The van der Waals surface area contributed by atoms with Gasteiger partial charge in [-0.25, -0.2) is 10.4 Å². The summed E-state index contributed by atoms with van der Waals surface area (Å²) in [6, 6.07) is 13.7. The summed E-state index contributed by atoms with van der Waals surface area (Å²) in [7, 11) is 1.59. The standard InChI is InChI=1S/C22H23N3O3S/c1-14-8-10-17(11-9-14)13-28-20-18(6-5-7-19(20)27-4)12-23-25-22(26)21-15(2)24-16(3)29-21/h5-12H,13H2,1-4H3,(H,25,26)/b23-12+. The van der Waals surface area contributed by atoms with Gasteiger partial charge in [0, 0.05) is 5.56 Å². The lowest BCUT2D eigenvalue weighted by atomic mass is 10.1. The Kier molecular flexibility index (Phi) is 6.61. The number of thiazole rings is 1. The summed E-state index contributed by atoms with van der Waals surface area (Å²) in [6.07, 6.45) is 1.55. The minimum Gasteiger partial charge on any atom is -0.493 e. The van der Waals surface area contributed by atoms with E-state index in [1.54, 1.807) is 20.2 Å². The van der Waals surface area contributed by atoms with E-state index < -0.39 is 0 Å². The first-order valence-corrected chi connectivity index (χ1v) is 9.92. The molecule has 0 aliphatic rings. The quantitative estimate of drug-likeness (QED) is 0.463. The fraction of sp³-hybridized carbons (Fsp3) is 0.227. The second-order valence-corrected chi connectivity index (χ2v) is 7.70. The van der Waals surface area contributed by atoms with Crippen molar-refractivity contribution in [3.8, 4) is 11.5 Å². The summed E-state index contributed by atoms with van der Waals surface area (Å²) in [4.78, 5) is 17.1. The Morgan fingerprint density at radius 1 is 1.17 bits per heavy atom. The molecule has 29 heavy (non-hydrogen) atoms. The molecule has 0 fully saturated rings. The number of carbonyl (C=O) groups excluding carboxylic acids is 1. The lowest BCUT2D eigenvalue weighted by molar-refractivity contribution is 0.0958. The smallest absolute Gasteiger partial charge is 0.283 e. The maximum Gasteiger partial charge on any atom is 0.283 e. The highest BCUT2D eigenvalue weighted by Gasteiger charge is 2.13. The lowest BCUT2D eigenvalue weighted by Gasteiger charge is -2.13. The summed E-state index contributed by atoms with van der Waals surface area (Å²) in [5.74, 6) is 0.883. The van der Waals surface area contributed by atoms with Gasteiger partial charge in [-0.15, -0.1) is 11.3 Å². The SMILES string of the molecule is COc1cccc(/C=N/NC(=O)c2sc(C)nc2C)c1OCc1ccc(C)cc1. The van der Waals surface area contributed by atoms with Crippen molar-refractivity contribution < 1.29 is 14.3 Å². The molecule has 0 saturated carbocycles. The maximum absolute atomic E-state index is 12.3. The first-order chi connectivity index (χ1) is 14.0. The van der Waals surface area contributed by atoms with Gasteiger partial charge in [0.15, 0.2) is 11.5 Å². The normalized spacial score (nSPS) is 10.9. The molecule has 1 N–H and O–H groups in total. The third kappa shape index (κ3) is 5.20. The topological polar surface area (TPSA) is 72.8 Å². The highest BCUT2D eigenvalue weighted by atomic mass is 32.1. The molecule has 1 heterocycles. The van der Waals surface area contributed by atoms with Crippen LogP contribution in [0.25, 0.3) is 0 Å². The molecule has 0 spiro atoms. The third-order valence-electron chi connectivity index (χ3n) is 4.21. The number of ether oxygens (including phenoxy) is 2. The van der Waals surface area contributed by atoms with Crippen LogP contribution in [-0.2, 0) is 6.61 Å². The Balaban J connectivity index is 1.74. The first kappa shape index (κ1) is 20.5. The highest BCUT2D eigenvalue weighted by Crippen LogP contribution is 2.31. The molecule has 3 rings (SSSR count). The molecule has 0 saturated heterocycles. The number of aromatic nitrogens is 1. The predicted octanol–water partition coefficient (Wildman–Crippen LogP) is 4.42. The molecule has 1 aromatic heterocycles. The first-order valence-electron chi connectivity index (χ1n) is 9.10. The Morgan fingerprint density at radius 2 is 1.93 bits per heavy atom. The Bertz CT molecular complexity index is 1030. The Morgan fingerprint density at radius 3 is 2.59 bits per heavy atom. The second kappa shape index (κ2) is 9.34. The van der Waals surface area contributed by atoms with Crippen molar-refractivity contribution in [2.75, 3.05) is 7.11 Å². The molecule has 150 valence electrons. The number of hydrazone groups is 1. The molecular weight excluding hydrogens is 386 g/mol. The van der Waals surface area contributed by atoms with E-state index >= 15 is 0 Å². The summed E-state index contributed by atoms with van der Waals surface area (Å²) < 4.78 is 11.4. The van der Waals surface area contributed by atoms with Crippen LogP contribution in [0.1, 0.15) is 37.1 Å². The number of nitrogens with zero attached hydrogens (tertiary/aromatic N) is 2. The molecule has 7 heteroatoms. The van der Waals surface area contributed by atoms with Crippen LogP contribution >= 0.6 is 11.3 Å². The fourth-order valence-corrected chi connectivity index (χ4v) is 3.55. The number of hydrogen-bond donors (Lipinski definition) is 1. The summed E-state index contributed by atoms with van der Waals surface area (Å²) in [5, 5.41) is 4.93. The monoisotopic (exact) mass is 409 g/mol. The van der Waals surface area contributed by atoms with Crippen LogP contribution < -0.4 is 14.9 Å². The molecule has 6 nitrogen and oxygen atoms in total. The summed E-state index contributed by atoms with van der Waals surface area (Å²) in [5.41, 5.74) is 6.20. The van der Waals surface area contributed by atoms with E-state index in [2.05, 4.69) is 15.5 Å². The van der Waals surface area contributed by atoms with Crippen LogP contribution in [0.15, 0.2) is 47.6 Å². The molecule has 2 aromatic carbocycles. The lowest BCUT2D eigenvalue weighted by Crippen LogP contribution is -2.17. The van der Waals surface area contributed by atoms with Gasteiger partial charge < -0.3 is 9.47 Å². The largest absolute Gasteiger partial charge is 0.493 e. The number of para-hydroxylation sites is 1. The van der Waals surface area contributed by atoms with Gasteiger partial charge in [-0.3, -0.25) is 4.79 Å². The fourth-order valence-electron chi connectivity index (χ4n) is 2.74. The van der Waals surface area contributed by atoms with Gasteiger partial charge in [0.05, 0.1) is 24.0 Å². The molecular formula is C22H23N3O3S.